The van der Waals surface area contributed by atoms with Crippen molar-refractivity contribution in [2.24, 2.45) is 11.7 Å². The molecule has 1 aliphatic rings. The van der Waals surface area contributed by atoms with Gasteiger partial charge in [0, 0.05) is 19.2 Å². The predicted molar refractivity (Wildman–Crippen MR) is 152 cm³/mol. The number of hydrogen-bond donors (Lipinski definition) is 6. The number of nitrogens with zero attached hydrogens (tertiary/aromatic N) is 5. The maximum atomic E-state index is 12.1. The molecule has 3 heterocycles. The fourth-order valence-corrected chi connectivity index (χ4v) is 4.59. The molecule has 6 atom stereocenters. The van der Waals surface area contributed by atoms with Crippen molar-refractivity contribution in [3.8, 4) is 11.8 Å². The summed E-state index contributed by atoms with van der Waals surface area (Å²) in [5, 5.41) is 37.4. The molecule has 1 unspecified atom stereocenters. The molecule has 2 aromatic heterocycles. The van der Waals surface area contributed by atoms with Gasteiger partial charge in [-0.2, -0.15) is 0 Å². The molecule has 0 aliphatic carbocycles. The van der Waals surface area contributed by atoms with E-state index >= 15 is 0 Å². The fraction of sp³-hybridized carbons (Fsp3) is 0.464. The summed E-state index contributed by atoms with van der Waals surface area (Å²) in [4.78, 5) is 36.9. The summed E-state index contributed by atoms with van der Waals surface area (Å²) in [6, 6.07) is 7.03. The molecular formula is C28H36N8O6. The smallest absolute Gasteiger partial charge is 0.237 e. The molecule has 3 aromatic rings. The lowest BCUT2D eigenvalue weighted by atomic mass is 10.0. The van der Waals surface area contributed by atoms with Crippen LogP contribution < -0.4 is 16.4 Å². The minimum Gasteiger partial charge on any atom is -0.387 e. The molecule has 0 spiro atoms. The second-order valence-corrected chi connectivity index (χ2v) is 10.5. The molecule has 14 heteroatoms. The first-order valence-electron chi connectivity index (χ1n) is 13.5. The van der Waals surface area contributed by atoms with E-state index in [9.17, 15) is 24.9 Å². The summed E-state index contributed by atoms with van der Waals surface area (Å²) in [7, 11) is 1.33. The Morgan fingerprint density at radius 2 is 2.05 bits per heavy atom. The van der Waals surface area contributed by atoms with E-state index in [4.69, 9.17) is 10.5 Å². The number of nitrogens with two attached hydrogens (primary N) is 1. The Morgan fingerprint density at radius 1 is 1.26 bits per heavy atom. The van der Waals surface area contributed by atoms with Gasteiger partial charge in [0.25, 0.3) is 0 Å². The largest absolute Gasteiger partial charge is 0.387 e. The molecule has 4 rings (SSSR count). The van der Waals surface area contributed by atoms with Crippen molar-refractivity contribution >= 4 is 29.3 Å². The van der Waals surface area contributed by atoms with E-state index in [2.05, 4.69) is 37.4 Å². The molecular weight excluding hydrogens is 544 g/mol. The van der Waals surface area contributed by atoms with Crippen LogP contribution in [0, 0.1) is 17.8 Å². The lowest BCUT2D eigenvalue weighted by Crippen LogP contribution is -2.46. The number of carbonyl (C=O) groups is 2. The van der Waals surface area contributed by atoms with Gasteiger partial charge in [0.15, 0.2) is 29.4 Å². The second kappa shape index (κ2) is 13.7. The van der Waals surface area contributed by atoms with Crippen molar-refractivity contribution < 1.29 is 29.6 Å². The van der Waals surface area contributed by atoms with Gasteiger partial charge in [-0.15, -0.1) is 0 Å². The van der Waals surface area contributed by atoms with Crippen LogP contribution in [-0.2, 0) is 20.9 Å². The van der Waals surface area contributed by atoms with Crippen LogP contribution in [0.2, 0.25) is 0 Å². The van der Waals surface area contributed by atoms with E-state index < -0.39 is 36.8 Å². The topological polar surface area (TPSA) is 201 Å². The van der Waals surface area contributed by atoms with Gasteiger partial charge in [0.2, 0.25) is 12.3 Å². The van der Waals surface area contributed by atoms with Gasteiger partial charge in [-0.05, 0) is 30.0 Å². The van der Waals surface area contributed by atoms with Gasteiger partial charge < -0.3 is 41.3 Å². The number of amides is 2. The average Bonchev–Trinajstić information content (AvgIpc) is 3.53. The zero-order chi connectivity index (χ0) is 30.4. The van der Waals surface area contributed by atoms with Gasteiger partial charge in [-0.1, -0.05) is 37.8 Å². The van der Waals surface area contributed by atoms with E-state index in [1.54, 1.807) is 0 Å². The van der Waals surface area contributed by atoms with Crippen molar-refractivity contribution in [3.63, 3.8) is 0 Å². The Kier molecular flexibility index (Phi) is 10.0. The zero-order valence-corrected chi connectivity index (χ0v) is 23.6. The monoisotopic (exact) mass is 580 g/mol. The highest BCUT2D eigenvalue weighted by Crippen LogP contribution is 2.34. The average molecular weight is 581 g/mol. The van der Waals surface area contributed by atoms with Crippen LogP contribution in [0.25, 0.3) is 11.2 Å². The van der Waals surface area contributed by atoms with Gasteiger partial charge in [-0.3, -0.25) is 14.2 Å². The van der Waals surface area contributed by atoms with E-state index in [1.807, 2.05) is 38.1 Å². The van der Waals surface area contributed by atoms with Crippen LogP contribution >= 0.6 is 0 Å². The first-order chi connectivity index (χ1) is 20.1. The summed E-state index contributed by atoms with van der Waals surface area (Å²) < 4.78 is 7.17. The first kappa shape index (κ1) is 30.8. The molecule has 224 valence electrons. The molecule has 42 heavy (non-hydrogen) atoms. The number of nitrogens with one attached hydrogen (secondary N) is 2. The van der Waals surface area contributed by atoms with E-state index in [-0.39, 0.29) is 12.5 Å². The minimum atomic E-state index is -1.47. The number of ether oxygens (including phenoxy) is 1. The number of aliphatic hydroxyl groups is 3. The Balaban J connectivity index is 1.41. The molecule has 0 radical (unpaired) electrons. The summed E-state index contributed by atoms with van der Waals surface area (Å²) in [6.45, 7) is 4.61. The Morgan fingerprint density at radius 3 is 2.79 bits per heavy atom. The normalized spacial score (nSPS) is 21.4. The number of fused-ring (bicyclic) bond motifs is 1. The van der Waals surface area contributed by atoms with Gasteiger partial charge >= 0.3 is 0 Å². The molecule has 1 aromatic carbocycles. The van der Waals surface area contributed by atoms with Crippen LogP contribution in [0.15, 0.2) is 36.9 Å². The van der Waals surface area contributed by atoms with E-state index in [0.29, 0.717) is 42.3 Å². The summed E-state index contributed by atoms with van der Waals surface area (Å²) in [6.07, 6.45) is -2.97. The summed E-state index contributed by atoms with van der Waals surface area (Å²) in [5.74, 6) is 6.53. The number of aliphatic hydroxyl groups excluding tert-OH is 3. The molecule has 1 fully saturated rings. The third kappa shape index (κ3) is 7.01. The molecule has 1 saturated heterocycles. The minimum absolute atomic E-state index is 0.193. The quantitative estimate of drug-likeness (QED) is 0.0952. The number of benzene rings is 1. The highest BCUT2D eigenvalue weighted by Gasteiger charge is 2.48. The SMILES string of the molecule is CC(C)C[C@H](N)C(=O)NCC#Cc1cccc(CNc2ncnc3c2ncn3[C@@H]2O[C@H](C(O)N(C)C=O)[C@@H](O)[C@H]2O)c1. The van der Waals surface area contributed by atoms with Crippen molar-refractivity contribution in [2.75, 3.05) is 18.9 Å². The van der Waals surface area contributed by atoms with Crippen molar-refractivity contribution in [3.05, 3.63) is 48.0 Å². The summed E-state index contributed by atoms with van der Waals surface area (Å²) in [5.41, 5.74) is 8.32. The lowest BCUT2D eigenvalue weighted by Gasteiger charge is -2.26. The maximum Gasteiger partial charge on any atom is 0.237 e. The van der Waals surface area contributed by atoms with Crippen LogP contribution in [0.3, 0.4) is 0 Å². The van der Waals surface area contributed by atoms with Crippen molar-refractivity contribution in [1.82, 2.24) is 29.7 Å². The highest BCUT2D eigenvalue weighted by molar-refractivity contribution is 5.83. The molecule has 1 aliphatic heterocycles. The van der Waals surface area contributed by atoms with Crippen molar-refractivity contribution in [2.45, 2.75) is 63.6 Å². The number of anilines is 1. The standard InChI is InChI=1S/C28H36N8O6/c1-16(2)10-19(29)26(40)30-9-5-8-17-6-4-7-18(11-17)12-31-24-20-25(33-13-32-24)36(14-34-20)28-22(39)21(38)23(42-28)27(41)35(3)15-37/h4,6-7,11,13-16,19,21-23,27-28,38-39,41H,9-10,12,29H2,1-3H3,(H,30,40)(H,31,32,33)/t19-,21-,22+,23-,27?,28+/m0/s1. The van der Waals surface area contributed by atoms with Gasteiger partial charge in [0.1, 0.15) is 24.6 Å². The van der Waals surface area contributed by atoms with Crippen LogP contribution in [0.4, 0.5) is 5.82 Å². The number of aromatic nitrogens is 4. The van der Waals surface area contributed by atoms with Crippen molar-refractivity contribution in [1.29, 1.82) is 0 Å². The number of rotatable bonds is 11. The van der Waals surface area contributed by atoms with E-state index in [0.717, 1.165) is 16.0 Å². The molecule has 0 bridgehead atoms. The Bertz CT molecular complexity index is 1450. The molecule has 7 N–H and O–H groups in total. The van der Waals surface area contributed by atoms with Crippen LogP contribution in [0.1, 0.15) is 37.6 Å². The maximum absolute atomic E-state index is 12.1. The fourth-order valence-electron chi connectivity index (χ4n) is 4.59. The van der Waals surface area contributed by atoms with E-state index in [1.165, 1.54) is 24.3 Å². The zero-order valence-electron chi connectivity index (χ0n) is 23.6. The Labute approximate surface area is 242 Å². The first-order valence-corrected chi connectivity index (χ1v) is 13.5. The number of carbonyl (C=O) groups excluding carboxylic acids is 2. The number of likely N-dealkylation sites (N-methyl/N-ethyl adjacent to an activating group) is 1. The molecule has 14 nitrogen and oxygen atoms in total. The lowest BCUT2D eigenvalue weighted by molar-refractivity contribution is -0.149. The highest BCUT2D eigenvalue weighted by atomic mass is 16.6. The number of imidazole rings is 1. The molecule has 0 saturated carbocycles. The Hall–Kier alpha value is -4.13. The summed E-state index contributed by atoms with van der Waals surface area (Å²) >= 11 is 0. The predicted octanol–water partition coefficient (Wildman–Crippen LogP) is -0.695. The second-order valence-electron chi connectivity index (χ2n) is 10.5. The van der Waals surface area contributed by atoms with Gasteiger partial charge in [-0.25, -0.2) is 15.0 Å². The number of hydrogen-bond acceptors (Lipinski definition) is 11. The third-order valence-electron chi connectivity index (χ3n) is 6.82. The van der Waals surface area contributed by atoms with Crippen LogP contribution in [-0.4, -0.2) is 96.2 Å². The van der Waals surface area contributed by atoms with Crippen LogP contribution in [0.5, 0.6) is 0 Å². The molecule has 2 amide bonds. The third-order valence-corrected chi connectivity index (χ3v) is 6.82. The van der Waals surface area contributed by atoms with Gasteiger partial charge in [0.05, 0.1) is 18.9 Å².